The number of aliphatic hydroxyl groups excluding tert-OH is 1. The number of para-hydroxylation sites is 2. The molecule has 2 aliphatic rings. The van der Waals surface area contributed by atoms with Crippen molar-refractivity contribution in [1.82, 2.24) is 4.72 Å². The largest absolute Gasteiger partial charge is 0.389 e. The first-order chi connectivity index (χ1) is 17.7. The zero-order chi connectivity index (χ0) is 26.2. The molecule has 1 fully saturated rings. The Morgan fingerprint density at radius 2 is 1.46 bits per heavy atom. The van der Waals surface area contributed by atoms with Crippen molar-refractivity contribution < 1.29 is 26.7 Å². The minimum atomic E-state index is -4.11. The van der Waals surface area contributed by atoms with Crippen molar-refractivity contribution in [2.75, 3.05) is 11.6 Å². The van der Waals surface area contributed by atoms with Crippen LogP contribution in [0.15, 0.2) is 77.7 Å². The van der Waals surface area contributed by atoms with Gasteiger partial charge >= 0.3 is 5.92 Å². The predicted octanol–water partition coefficient (Wildman–Crippen LogP) is 5.25. The lowest BCUT2D eigenvalue weighted by atomic mass is 9.86. The number of hydrogen-bond donors (Lipinski definition) is 2. The van der Waals surface area contributed by atoms with Gasteiger partial charge in [0.2, 0.25) is 10.0 Å². The molecule has 196 valence electrons. The summed E-state index contributed by atoms with van der Waals surface area (Å²) in [5.74, 6) is -3.68. The topological polar surface area (TPSA) is 69.6 Å². The molecule has 0 saturated heterocycles. The second-order valence-electron chi connectivity index (χ2n) is 9.71. The minimum Gasteiger partial charge on any atom is -0.389 e. The fraction of sp³-hybridized carbons (Fsp3) is 0.357. The van der Waals surface area contributed by atoms with E-state index in [1.807, 2.05) is 36.4 Å². The van der Waals surface area contributed by atoms with Gasteiger partial charge in [-0.25, -0.2) is 17.5 Å². The number of alkyl halides is 3. The zero-order valence-electron chi connectivity index (χ0n) is 20.2. The van der Waals surface area contributed by atoms with E-state index in [1.54, 1.807) is 0 Å². The van der Waals surface area contributed by atoms with Crippen LogP contribution in [0.4, 0.5) is 24.5 Å². The molecule has 0 radical (unpaired) electrons. The highest BCUT2D eigenvalue weighted by Crippen LogP contribution is 2.41. The maximum atomic E-state index is 13.6. The lowest BCUT2D eigenvalue weighted by Crippen LogP contribution is -2.55. The fourth-order valence-corrected chi connectivity index (χ4v) is 6.75. The highest BCUT2D eigenvalue weighted by Gasteiger charge is 2.40. The third-order valence-electron chi connectivity index (χ3n) is 7.38. The molecule has 37 heavy (non-hydrogen) atoms. The molecular weight excluding hydrogens is 501 g/mol. The third-order valence-corrected chi connectivity index (χ3v) is 8.89. The fourth-order valence-electron chi connectivity index (χ4n) is 5.46. The van der Waals surface area contributed by atoms with Crippen LogP contribution in [0.5, 0.6) is 0 Å². The van der Waals surface area contributed by atoms with E-state index in [1.165, 1.54) is 11.1 Å². The van der Waals surface area contributed by atoms with Crippen LogP contribution in [0, 0.1) is 0 Å². The first-order valence-electron chi connectivity index (χ1n) is 12.4. The van der Waals surface area contributed by atoms with Gasteiger partial charge in [0.1, 0.15) is 0 Å². The molecule has 1 aliphatic heterocycles. The molecule has 5 rings (SSSR count). The van der Waals surface area contributed by atoms with E-state index in [4.69, 9.17) is 0 Å². The SMILES string of the molecule is O=S(=O)(N[C@H]1CCC[C@@H](N2c3ccccc3CCc3ccccc32)[C@@H]1O)c1ccc(C(F)(F)CF)cc1. The number of benzene rings is 3. The number of nitrogens with zero attached hydrogens (tertiary/aromatic N) is 1. The van der Waals surface area contributed by atoms with Crippen LogP contribution < -0.4 is 9.62 Å². The molecular formula is C28H29F3N2O3S. The molecule has 2 N–H and O–H groups in total. The van der Waals surface area contributed by atoms with Gasteiger partial charge in [-0.15, -0.1) is 0 Å². The Kier molecular flexibility index (Phi) is 7.04. The molecule has 0 amide bonds. The average Bonchev–Trinajstić information content (AvgIpc) is 3.07. The normalized spacial score (nSPS) is 22.2. The summed E-state index contributed by atoms with van der Waals surface area (Å²) in [6.45, 7) is -1.87. The van der Waals surface area contributed by atoms with Gasteiger partial charge in [-0.2, -0.15) is 8.78 Å². The van der Waals surface area contributed by atoms with E-state index < -0.39 is 40.3 Å². The summed E-state index contributed by atoms with van der Waals surface area (Å²) in [6, 6.07) is 18.9. The number of sulfonamides is 1. The van der Waals surface area contributed by atoms with Crippen molar-refractivity contribution in [1.29, 1.82) is 0 Å². The van der Waals surface area contributed by atoms with Crippen LogP contribution in [0.25, 0.3) is 0 Å². The summed E-state index contributed by atoms with van der Waals surface area (Å²) >= 11 is 0. The van der Waals surface area contributed by atoms with E-state index in [0.29, 0.717) is 19.3 Å². The van der Waals surface area contributed by atoms with Crippen LogP contribution in [0.1, 0.15) is 36.0 Å². The van der Waals surface area contributed by atoms with Crippen molar-refractivity contribution in [3.8, 4) is 0 Å². The Balaban J connectivity index is 1.43. The highest BCUT2D eigenvalue weighted by molar-refractivity contribution is 7.89. The first-order valence-corrected chi connectivity index (χ1v) is 13.9. The summed E-state index contributed by atoms with van der Waals surface area (Å²) in [5, 5.41) is 11.5. The third kappa shape index (κ3) is 5.00. The number of hydrogen-bond acceptors (Lipinski definition) is 4. The maximum absolute atomic E-state index is 13.6. The van der Waals surface area contributed by atoms with E-state index >= 15 is 0 Å². The standard InChI is InChI=1S/C28H29F3N2O3S/c29-18-28(30,31)21-14-16-22(17-15-21)37(35,36)32-23-8-5-11-26(27(23)34)33-24-9-3-1-6-19(24)12-13-20-7-2-4-10-25(20)33/h1-4,6-7,9-10,14-17,23,26-27,32,34H,5,8,11-13,18H2/t23-,26+,27+/m0/s1. The Morgan fingerprint density at radius 3 is 2.03 bits per heavy atom. The van der Waals surface area contributed by atoms with Gasteiger partial charge < -0.3 is 10.0 Å². The number of fused-ring (bicyclic) bond motifs is 2. The van der Waals surface area contributed by atoms with E-state index in [-0.39, 0.29) is 10.9 Å². The molecule has 0 bridgehead atoms. The monoisotopic (exact) mass is 530 g/mol. The van der Waals surface area contributed by atoms with E-state index in [9.17, 15) is 26.7 Å². The molecule has 5 nitrogen and oxygen atoms in total. The maximum Gasteiger partial charge on any atom is 0.301 e. The van der Waals surface area contributed by atoms with E-state index in [0.717, 1.165) is 48.5 Å². The van der Waals surface area contributed by atoms with Gasteiger partial charge in [-0.3, -0.25) is 0 Å². The van der Waals surface area contributed by atoms with Crippen LogP contribution in [0.3, 0.4) is 0 Å². The number of nitrogens with one attached hydrogen (secondary N) is 1. The zero-order valence-corrected chi connectivity index (χ0v) is 21.0. The van der Waals surface area contributed by atoms with Crippen molar-refractivity contribution in [3.05, 3.63) is 89.5 Å². The minimum absolute atomic E-state index is 0.217. The van der Waals surface area contributed by atoms with Crippen LogP contribution in [-0.2, 0) is 28.8 Å². The van der Waals surface area contributed by atoms with Gasteiger partial charge in [0.05, 0.1) is 23.1 Å². The lowest BCUT2D eigenvalue weighted by molar-refractivity contribution is -0.0281. The highest BCUT2D eigenvalue weighted by atomic mass is 32.2. The van der Waals surface area contributed by atoms with Gasteiger partial charge in [0, 0.05) is 16.9 Å². The predicted molar refractivity (Wildman–Crippen MR) is 136 cm³/mol. The second-order valence-corrected chi connectivity index (χ2v) is 11.4. The quantitative estimate of drug-likeness (QED) is 0.457. The Bertz CT molecular complexity index is 1320. The van der Waals surface area contributed by atoms with Gasteiger partial charge in [-0.05, 0) is 67.5 Å². The first kappa shape index (κ1) is 25.8. The average molecular weight is 531 g/mol. The Morgan fingerprint density at radius 1 is 0.892 bits per heavy atom. The Hall–Kier alpha value is -2.88. The summed E-state index contributed by atoms with van der Waals surface area (Å²) in [7, 11) is -4.11. The van der Waals surface area contributed by atoms with Crippen molar-refractivity contribution >= 4 is 21.4 Å². The van der Waals surface area contributed by atoms with Crippen LogP contribution >= 0.6 is 0 Å². The number of aryl methyl sites for hydroxylation is 2. The molecule has 0 unspecified atom stereocenters. The Labute approximate surface area is 215 Å². The molecule has 1 saturated carbocycles. The molecule has 3 aromatic carbocycles. The van der Waals surface area contributed by atoms with Gasteiger partial charge in [0.25, 0.3) is 0 Å². The molecule has 0 aromatic heterocycles. The number of halogens is 3. The molecule has 1 aliphatic carbocycles. The number of rotatable bonds is 6. The molecule has 1 heterocycles. The summed E-state index contributed by atoms with van der Waals surface area (Å²) in [4.78, 5) is 1.93. The van der Waals surface area contributed by atoms with Gasteiger partial charge in [0.15, 0.2) is 6.67 Å². The second kappa shape index (κ2) is 10.1. The summed E-state index contributed by atoms with van der Waals surface area (Å²) in [5.41, 5.74) is 3.75. The van der Waals surface area contributed by atoms with E-state index in [2.05, 4.69) is 21.8 Å². The van der Waals surface area contributed by atoms with Crippen LogP contribution in [0.2, 0.25) is 0 Å². The lowest BCUT2D eigenvalue weighted by Gasteiger charge is -2.43. The molecule has 3 aromatic rings. The number of aliphatic hydroxyl groups is 1. The summed E-state index contributed by atoms with van der Waals surface area (Å²) in [6.07, 6.45) is 2.51. The number of anilines is 2. The molecule has 9 heteroatoms. The van der Waals surface area contributed by atoms with Crippen LogP contribution in [-0.4, -0.2) is 38.4 Å². The van der Waals surface area contributed by atoms with Crippen molar-refractivity contribution in [2.45, 2.75) is 61.1 Å². The molecule has 3 atom stereocenters. The van der Waals surface area contributed by atoms with Crippen molar-refractivity contribution in [3.63, 3.8) is 0 Å². The van der Waals surface area contributed by atoms with Gasteiger partial charge in [-0.1, -0.05) is 48.5 Å². The van der Waals surface area contributed by atoms with Crippen molar-refractivity contribution in [2.24, 2.45) is 0 Å². The smallest absolute Gasteiger partial charge is 0.301 e. The summed E-state index contributed by atoms with van der Waals surface area (Å²) < 4.78 is 68.7. The molecule has 0 spiro atoms.